The van der Waals surface area contributed by atoms with Gasteiger partial charge in [0, 0.05) is 18.8 Å². The summed E-state index contributed by atoms with van der Waals surface area (Å²) < 4.78 is 0. The maximum Gasteiger partial charge on any atom is 0.0293 e. The minimum atomic E-state index is 1.02. The summed E-state index contributed by atoms with van der Waals surface area (Å²) in [6, 6.07) is 0. The highest BCUT2D eigenvalue weighted by molar-refractivity contribution is 5.22. The number of allylic oxidation sites excluding steroid dienone is 3. The van der Waals surface area contributed by atoms with Crippen molar-refractivity contribution < 1.29 is 0 Å². The van der Waals surface area contributed by atoms with Crippen LogP contribution in [-0.4, -0.2) is 18.0 Å². The average molecular weight is 179 g/mol. The van der Waals surface area contributed by atoms with Gasteiger partial charge in [0.05, 0.1) is 0 Å². The summed E-state index contributed by atoms with van der Waals surface area (Å²) >= 11 is 0. The first-order chi connectivity index (χ1) is 6.11. The van der Waals surface area contributed by atoms with Crippen LogP contribution in [-0.2, 0) is 0 Å². The smallest absolute Gasteiger partial charge is 0.0293 e. The van der Waals surface area contributed by atoms with E-state index >= 15 is 0 Å². The lowest BCUT2D eigenvalue weighted by Gasteiger charge is -2.22. The van der Waals surface area contributed by atoms with E-state index in [2.05, 4.69) is 31.9 Å². The molecule has 1 heteroatoms. The minimum absolute atomic E-state index is 1.02. The van der Waals surface area contributed by atoms with E-state index in [9.17, 15) is 0 Å². The van der Waals surface area contributed by atoms with Crippen LogP contribution >= 0.6 is 0 Å². The molecule has 0 aromatic carbocycles. The second-order valence-electron chi connectivity index (χ2n) is 3.25. The first-order valence-corrected chi connectivity index (χ1v) is 4.89. The molecule has 0 radical (unpaired) electrons. The van der Waals surface area contributed by atoms with E-state index in [1.54, 1.807) is 0 Å². The molecular formula is C12H21N. The fourth-order valence-electron chi connectivity index (χ4n) is 1.12. The van der Waals surface area contributed by atoms with Crippen molar-refractivity contribution in [1.82, 2.24) is 4.90 Å². The molecule has 13 heavy (non-hydrogen) atoms. The van der Waals surface area contributed by atoms with Gasteiger partial charge in [0.15, 0.2) is 0 Å². The van der Waals surface area contributed by atoms with Crippen LogP contribution in [0.25, 0.3) is 0 Å². The Bertz CT molecular complexity index is 201. The second kappa shape index (κ2) is 6.53. The molecule has 1 nitrogen and oxygen atoms in total. The molecule has 0 unspecified atom stereocenters. The van der Waals surface area contributed by atoms with Crippen molar-refractivity contribution in [3.63, 3.8) is 0 Å². The van der Waals surface area contributed by atoms with E-state index in [4.69, 9.17) is 0 Å². The fourth-order valence-corrected chi connectivity index (χ4v) is 1.12. The Kier molecular flexibility index (Phi) is 6.03. The summed E-state index contributed by atoms with van der Waals surface area (Å²) in [6.45, 7) is 16.2. The lowest BCUT2D eigenvalue weighted by molar-refractivity contribution is 0.375. The minimum Gasteiger partial charge on any atom is -0.372 e. The predicted octanol–water partition coefficient (Wildman–Crippen LogP) is 3.36. The molecule has 74 valence electrons. The Balaban J connectivity index is 4.13. The van der Waals surface area contributed by atoms with Gasteiger partial charge in [-0.1, -0.05) is 31.7 Å². The lowest BCUT2D eigenvalue weighted by atomic mass is 10.2. The molecule has 0 heterocycles. The van der Waals surface area contributed by atoms with Crippen LogP contribution in [0.15, 0.2) is 36.6 Å². The van der Waals surface area contributed by atoms with Crippen LogP contribution < -0.4 is 0 Å². The molecule has 0 aliphatic rings. The van der Waals surface area contributed by atoms with E-state index < -0.39 is 0 Å². The van der Waals surface area contributed by atoms with Crippen molar-refractivity contribution in [3.8, 4) is 0 Å². The van der Waals surface area contributed by atoms with Gasteiger partial charge >= 0.3 is 0 Å². The standard InChI is InChI=1S/C12H21N/c1-6-10-13(7-2)12(5)9-8-11(3)4/h8-9H,3,5-7,10H2,1-2,4H3/b9-8-. The molecule has 0 rings (SSSR count). The highest BCUT2D eigenvalue weighted by Crippen LogP contribution is 2.05. The number of hydrogen-bond donors (Lipinski definition) is 0. The summed E-state index contributed by atoms with van der Waals surface area (Å²) in [4.78, 5) is 2.26. The monoisotopic (exact) mass is 179 g/mol. The van der Waals surface area contributed by atoms with Gasteiger partial charge in [-0.15, -0.1) is 0 Å². The number of rotatable bonds is 6. The van der Waals surface area contributed by atoms with Crippen LogP contribution in [0.4, 0.5) is 0 Å². The van der Waals surface area contributed by atoms with Crippen LogP contribution in [0.2, 0.25) is 0 Å². The molecule has 0 spiro atoms. The molecule has 0 aliphatic carbocycles. The average Bonchev–Trinajstić information content (AvgIpc) is 2.10. The summed E-state index contributed by atoms with van der Waals surface area (Å²) in [7, 11) is 0. The number of hydrogen-bond acceptors (Lipinski definition) is 1. The SMILES string of the molecule is C=C(C)/C=C\C(=C)N(CC)CCC. The van der Waals surface area contributed by atoms with Crippen molar-refractivity contribution in [2.75, 3.05) is 13.1 Å². The molecule has 0 saturated heterocycles. The third kappa shape index (κ3) is 5.29. The third-order valence-corrected chi connectivity index (χ3v) is 1.84. The van der Waals surface area contributed by atoms with Crippen molar-refractivity contribution in [2.45, 2.75) is 27.2 Å². The summed E-state index contributed by atoms with van der Waals surface area (Å²) in [5, 5.41) is 0. The Labute approximate surface area is 82.4 Å². The van der Waals surface area contributed by atoms with Gasteiger partial charge in [-0.3, -0.25) is 0 Å². The van der Waals surface area contributed by atoms with Crippen LogP contribution in [0.1, 0.15) is 27.2 Å². The van der Waals surface area contributed by atoms with Gasteiger partial charge in [-0.2, -0.15) is 0 Å². The van der Waals surface area contributed by atoms with Gasteiger partial charge in [-0.25, -0.2) is 0 Å². The Morgan fingerprint density at radius 1 is 1.23 bits per heavy atom. The quantitative estimate of drug-likeness (QED) is 0.565. The number of nitrogens with zero attached hydrogens (tertiary/aromatic N) is 1. The molecule has 0 aromatic heterocycles. The van der Waals surface area contributed by atoms with Crippen LogP contribution in [0, 0.1) is 0 Å². The maximum atomic E-state index is 4.01. The zero-order valence-corrected chi connectivity index (χ0v) is 9.14. The lowest BCUT2D eigenvalue weighted by Crippen LogP contribution is -2.21. The first kappa shape index (κ1) is 12.0. The molecule has 0 saturated carbocycles. The van der Waals surface area contributed by atoms with E-state index in [0.717, 1.165) is 30.8 Å². The van der Waals surface area contributed by atoms with E-state index in [-0.39, 0.29) is 0 Å². The van der Waals surface area contributed by atoms with Gasteiger partial charge < -0.3 is 4.90 Å². The van der Waals surface area contributed by atoms with Gasteiger partial charge in [-0.05, 0) is 26.3 Å². The highest BCUT2D eigenvalue weighted by atomic mass is 15.1. The van der Waals surface area contributed by atoms with E-state index in [1.807, 2.05) is 19.1 Å². The molecule has 0 bridgehead atoms. The Hall–Kier alpha value is -0.980. The molecule has 0 aliphatic heterocycles. The molecule has 0 N–H and O–H groups in total. The van der Waals surface area contributed by atoms with Crippen molar-refractivity contribution in [1.29, 1.82) is 0 Å². The first-order valence-electron chi connectivity index (χ1n) is 4.89. The van der Waals surface area contributed by atoms with Crippen LogP contribution in [0.5, 0.6) is 0 Å². The van der Waals surface area contributed by atoms with Gasteiger partial charge in [0.2, 0.25) is 0 Å². The van der Waals surface area contributed by atoms with Crippen LogP contribution in [0.3, 0.4) is 0 Å². The fraction of sp³-hybridized carbons (Fsp3) is 0.500. The topological polar surface area (TPSA) is 3.24 Å². The zero-order chi connectivity index (χ0) is 10.3. The summed E-state index contributed by atoms with van der Waals surface area (Å²) in [5.74, 6) is 0. The normalized spacial score (nSPS) is 10.4. The van der Waals surface area contributed by atoms with Gasteiger partial charge in [0.1, 0.15) is 0 Å². The molecular weight excluding hydrogens is 158 g/mol. The molecule has 0 aromatic rings. The number of likely N-dealkylation sites (N-methyl/N-ethyl adjacent to an activating group) is 1. The second-order valence-corrected chi connectivity index (χ2v) is 3.25. The highest BCUT2D eigenvalue weighted by Gasteiger charge is 1.99. The molecule has 0 amide bonds. The predicted molar refractivity (Wildman–Crippen MR) is 60.6 cm³/mol. The third-order valence-electron chi connectivity index (χ3n) is 1.84. The largest absolute Gasteiger partial charge is 0.372 e. The van der Waals surface area contributed by atoms with Gasteiger partial charge in [0.25, 0.3) is 0 Å². The van der Waals surface area contributed by atoms with Crippen molar-refractivity contribution in [2.24, 2.45) is 0 Å². The maximum absolute atomic E-state index is 4.01. The van der Waals surface area contributed by atoms with Crippen molar-refractivity contribution >= 4 is 0 Å². The van der Waals surface area contributed by atoms with Crippen molar-refractivity contribution in [3.05, 3.63) is 36.6 Å². The Morgan fingerprint density at radius 3 is 2.23 bits per heavy atom. The molecule has 0 atom stereocenters. The Morgan fingerprint density at radius 2 is 1.85 bits per heavy atom. The summed E-state index contributed by atoms with van der Waals surface area (Å²) in [6.07, 6.45) is 5.19. The van der Waals surface area contributed by atoms with E-state index in [1.165, 1.54) is 0 Å². The van der Waals surface area contributed by atoms with E-state index in [0.29, 0.717) is 0 Å². The zero-order valence-electron chi connectivity index (χ0n) is 9.14. The molecule has 0 fully saturated rings. The summed E-state index contributed by atoms with van der Waals surface area (Å²) in [5.41, 5.74) is 2.14.